The number of nitrogens with zero attached hydrogens (tertiary/aromatic N) is 1. The minimum atomic E-state index is 0.178. The summed E-state index contributed by atoms with van der Waals surface area (Å²) in [6.07, 6.45) is 6.12. The highest BCUT2D eigenvalue weighted by Gasteiger charge is 2.22. The van der Waals surface area contributed by atoms with Crippen LogP contribution in [-0.2, 0) is 0 Å². The highest BCUT2D eigenvalue weighted by Crippen LogP contribution is 2.25. The fourth-order valence-corrected chi connectivity index (χ4v) is 3.45. The molecule has 2 nitrogen and oxygen atoms in total. The first-order chi connectivity index (χ1) is 9.61. The number of benzene rings is 1. The van der Waals surface area contributed by atoms with Gasteiger partial charge in [0.25, 0.3) is 5.91 Å². The van der Waals surface area contributed by atoms with Crippen molar-refractivity contribution in [1.82, 2.24) is 4.90 Å². The van der Waals surface area contributed by atoms with Gasteiger partial charge in [0.05, 0.1) is 5.56 Å². The minimum absolute atomic E-state index is 0.178. The van der Waals surface area contributed by atoms with E-state index in [9.17, 15) is 4.79 Å². The van der Waals surface area contributed by atoms with Crippen LogP contribution in [0.1, 0.15) is 54.9 Å². The Morgan fingerprint density at radius 2 is 2.15 bits per heavy atom. The first-order valence-electron chi connectivity index (χ1n) is 7.67. The van der Waals surface area contributed by atoms with Crippen molar-refractivity contribution in [3.05, 3.63) is 33.8 Å². The summed E-state index contributed by atoms with van der Waals surface area (Å²) in [5.41, 5.74) is 1.94. The molecule has 1 atom stereocenters. The van der Waals surface area contributed by atoms with Gasteiger partial charge >= 0.3 is 0 Å². The maximum atomic E-state index is 12.7. The van der Waals surface area contributed by atoms with Crippen molar-refractivity contribution in [2.75, 3.05) is 13.1 Å². The second-order valence-corrected chi connectivity index (χ2v) is 6.72. The topological polar surface area (TPSA) is 20.3 Å². The van der Waals surface area contributed by atoms with Crippen molar-refractivity contribution >= 4 is 21.8 Å². The Kier molecular flexibility index (Phi) is 5.64. The Morgan fingerprint density at radius 3 is 2.90 bits per heavy atom. The van der Waals surface area contributed by atoms with Crippen LogP contribution in [0.3, 0.4) is 0 Å². The summed E-state index contributed by atoms with van der Waals surface area (Å²) in [4.78, 5) is 14.7. The smallest absolute Gasteiger partial charge is 0.255 e. The van der Waals surface area contributed by atoms with Gasteiger partial charge < -0.3 is 4.90 Å². The quantitative estimate of drug-likeness (QED) is 0.775. The third-order valence-corrected chi connectivity index (χ3v) is 4.88. The van der Waals surface area contributed by atoms with Gasteiger partial charge in [-0.3, -0.25) is 4.79 Å². The van der Waals surface area contributed by atoms with Crippen LogP contribution in [0, 0.1) is 12.8 Å². The molecule has 0 aromatic heterocycles. The lowest BCUT2D eigenvalue weighted by Gasteiger charge is -2.21. The van der Waals surface area contributed by atoms with Crippen molar-refractivity contribution in [2.24, 2.45) is 5.92 Å². The number of carbonyl (C=O) groups is 1. The molecule has 0 bridgehead atoms. The number of likely N-dealkylation sites (tertiary alicyclic amines) is 1. The molecule has 0 N–H and O–H groups in total. The van der Waals surface area contributed by atoms with Crippen molar-refractivity contribution in [2.45, 2.75) is 46.0 Å². The zero-order chi connectivity index (χ0) is 14.5. The van der Waals surface area contributed by atoms with Crippen LogP contribution in [0.4, 0.5) is 0 Å². The van der Waals surface area contributed by atoms with Gasteiger partial charge in [0, 0.05) is 17.6 Å². The lowest BCUT2D eigenvalue weighted by atomic mass is 9.96. The first-order valence-corrected chi connectivity index (χ1v) is 8.46. The van der Waals surface area contributed by atoms with Crippen LogP contribution < -0.4 is 0 Å². The molecule has 1 heterocycles. The Labute approximate surface area is 130 Å². The molecule has 1 aliphatic rings. The molecule has 1 unspecified atom stereocenters. The molecule has 2 rings (SSSR count). The van der Waals surface area contributed by atoms with Crippen LogP contribution in [0.15, 0.2) is 22.7 Å². The summed E-state index contributed by atoms with van der Waals surface area (Å²) in [5.74, 6) is 0.983. The van der Waals surface area contributed by atoms with E-state index in [0.717, 1.165) is 47.4 Å². The summed E-state index contributed by atoms with van der Waals surface area (Å²) in [6.45, 7) is 6.09. The Morgan fingerprint density at radius 1 is 1.35 bits per heavy atom. The third kappa shape index (κ3) is 3.85. The molecule has 3 heteroatoms. The predicted molar refractivity (Wildman–Crippen MR) is 87.0 cm³/mol. The van der Waals surface area contributed by atoms with E-state index >= 15 is 0 Å². The fourth-order valence-electron chi connectivity index (χ4n) is 3.04. The molecule has 110 valence electrons. The number of carbonyl (C=O) groups excluding carboxylic acids is 1. The van der Waals surface area contributed by atoms with Crippen molar-refractivity contribution in [1.29, 1.82) is 0 Å². The Hall–Kier alpha value is -0.830. The lowest BCUT2D eigenvalue weighted by Crippen LogP contribution is -2.32. The second kappa shape index (κ2) is 7.26. The molecule has 20 heavy (non-hydrogen) atoms. The molecule has 0 saturated carbocycles. The molecule has 1 aromatic carbocycles. The molecular formula is C17H24BrNO. The molecule has 0 spiro atoms. The number of hydrogen-bond acceptors (Lipinski definition) is 1. The Bertz CT molecular complexity index is 472. The number of aryl methyl sites for hydroxylation is 1. The lowest BCUT2D eigenvalue weighted by molar-refractivity contribution is 0.0759. The van der Waals surface area contributed by atoms with Gasteiger partial charge in [-0.15, -0.1) is 0 Å². The normalized spacial score (nSPS) is 19.8. The van der Waals surface area contributed by atoms with Gasteiger partial charge in [-0.2, -0.15) is 0 Å². The Balaban J connectivity index is 2.07. The zero-order valence-electron chi connectivity index (χ0n) is 12.5. The molecule has 1 fully saturated rings. The van der Waals surface area contributed by atoms with E-state index < -0.39 is 0 Å². The molecular weight excluding hydrogens is 314 g/mol. The van der Waals surface area contributed by atoms with Gasteiger partial charge in [-0.1, -0.05) is 31.4 Å². The van der Waals surface area contributed by atoms with Crippen LogP contribution in [-0.4, -0.2) is 23.9 Å². The predicted octanol–water partition coefficient (Wildman–Crippen LogP) is 4.80. The van der Waals surface area contributed by atoms with E-state index in [1.54, 1.807) is 0 Å². The fraction of sp³-hybridized carbons (Fsp3) is 0.588. The summed E-state index contributed by atoms with van der Waals surface area (Å²) < 4.78 is 0.905. The van der Waals surface area contributed by atoms with Gasteiger partial charge in [0.1, 0.15) is 0 Å². The van der Waals surface area contributed by atoms with Crippen LogP contribution >= 0.6 is 15.9 Å². The monoisotopic (exact) mass is 337 g/mol. The molecule has 1 amide bonds. The largest absolute Gasteiger partial charge is 0.339 e. The summed E-state index contributed by atoms with van der Waals surface area (Å²) in [7, 11) is 0. The summed E-state index contributed by atoms with van der Waals surface area (Å²) in [6, 6.07) is 5.99. The van der Waals surface area contributed by atoms with Crippen molar-refractivity contribution in [3.63, 3.8) is 0 Å². The van der Waals surface area contributed by atoms with E-state index in [4.69, 9.17) is 0 Å². The zero-order valence-corrected chi connectivity index (χ0v) is 14.1. The van der Waals surface area contributed by atoms with E-state index in [0.29, 0.717) is 0 Å². The van der Waals surface area contributed by atoms with E-state index in [1.165, 1.54) is 19.3 Å². The number of halogens is 1. The number of amides is 1. The number of rotatable bonds is 3. The SMILES string of the molecule is CCCC1CCCN(C(=O)c2cc(C)ccc2Br)CC1. The van der Waals surface area contributed by atoms with Gasteiger partial charge in [-0.05, 0) is 60.2 Å². The van der Waals surface area contributed by atoms with E-state index in [-0.39, 0.29) is 5.91 Å². The maximum absolute atomic E-state index is 12.7. The molecule has 0 radical (unpaired) electrons. The van der Waals surface area contributed by atoms with Gasteiger partial charge in [0.2, 0.25) is 0 Å². The van der Waals surface area contributed by atoms with Crippen LogP contribution in [0.5, 0.6) is 0 Å². The number of hydrogen-bond donors (Lipinski definition) is 0. The van der Waals surface area contributed by atoms with Gasteiger partial charge in [0.15, 0.2) is 0 Å². The van der Waals surface area contributed by atoms with Gasteiger partial charge in [-0.25, -0.2) is 0 Å². The molecule has 1 aliphatic heterocycles. The average molecular weight is 338 g/mol. The minimum Gasteiger partial charge on any atom is -0.339 e. The van der Waals surface area contributed by atoms with Crippen LogP contribution in [0.25, 0.3) is 0 Å². The maximum Gasteiger partial charge on any atom is 0.255 e. The average Bonchev–Trinajstić information content (AvgIpc) is 2.67. The molecule has 1 aromatic rings. The van der Waals surface area contributed by atoms with E-state index in [1.807, 2.05) is 30.0 Å². The van der Waals surface area contributed by atoms with Crippen molar-refractivity contribution < 1.29 is 4.79 Å². The highest BCUT2D eigenvalue weighted by atomic mass is 79.9. The second-order valence-electron chi connectivity index (χ2n) is 5.86. The standard InChI is InChI=1S/C17H24BrNO/c1-3-5-14-6-4-10-19(11-9-14)17(20)15-12-13(2)7-8-16(15)18/h7-8,12,14H,3-6,9-11H2,1-2H3. The highest BCUT2D eigenvalue weighted by molar-refractivity contribution is 9.10. The summed E-state index contributed by atoms with van der Waals surface area (Å²) in [5, 5.41) is 0. The first kappa shape index (κ1) is 15.6. The molecule has 1 saturated heterocycles. The third-order valence-electron chi connectivity index (χ3n) is 4.18. The van der Waals surface area contributed by atoms with E-state index in [2.05, 4.69) is 22.9 Å². The van der Waals surface area contributed by atoms with Crippen molar-refractivity contribution in [3.8, 4) is 0 Å². The summed E-state index contributed by atoms with van der Waals surface area (Å²) >= 11 is 3.51. The molecule has 0 aliphatic carbocycles. The van der Waals surface area contributed by atoms with Crippen LogP contribution in [0.2, 0.25) is 0 Å².